The number of ketones is 2. The first-order valence-corrected chi connectivity index (χ1v) is 13.7. The molecule has 6 atom stereocenters. The number of ether oxygens (including phenoxy) is 3. The molecule has 232 valence electrons. The van der Waals surface area contributed by atoms with Crippen LogP contribution in [0.25, 0.3) is 0 Å². The van der Waals surface area contributed by atoms with Crippen LogP contribution in [0.1, 0.15) is 40.5 Å². The average molecular weight is 592 g/mol. The van der Waals surface area contributed by atoms with Crippen molar-refractivity contribution in [2.75, 3.05) is 27.4 Å². The van der Waals surface area contributed by atoms with Crippen molar-refractivity contribution < 1.29 is 42.9 Å². The Bertz CT molecular complexity index is 1190. The molecule has 2 aliphatic rings. The lowest BCUT2D eigenvalue weighted by Crippen LogP contribution is -2.38. The number of rotatable bonds is 6. The minimum Gasteiger partial charge on any atom is -0.439 e. The Balaban J connectivity index is 2.61. The first kappa shape index (κ1) is 34.6. The molecule has 0 aromatic heterocycles. The lowest BCUT2D eigenvalue weighted by molar-refractivity contribution is -0.120. The number of allylic oxidation sites excluding steroid dienone is 4. The van der Waals surface area contributed by atoms with Crippen LogP contribution in [-0.2, 0) is 28.6 Å². The van der Waals surface area contributed by atoms with E-state index in [0.29, 0.717) is 12.0 Å². The van der Waals surface area contributed by atoms with E-state index < -0.39 is 60.6 Å². The second kappa shape index (κ2) is 16.1. The maximum absolute atomic E-state index is 13.5. The summed E-state index contributed by atoms with van der Waals surface area (Å²) in [5.74, 6) is -2.49. The van der Waals surface area contributed by atoms with E-state index in [9.17, 15) is 28.7 Å². The van der Waals surface area contributed by atoms with Crippen LogP contribution >= 0.6 is 0 Å². The van der Waals surface area contributed by atoms with E-state index in [1.54, 1.807) is 26.0 Å². The summed E-state index contributed by atoms with van der Waals surface area (Å²) >= 11 is 0. The number of alkyl halides is 1. The third kappa shape index (κ3) is 9.20. The van der Waals surface area contributed by atoms with Gasteiger partial charge in [0, 0.05) is 43.9 Å². The number of halogens is 1. The molecule has 0 unspecified atom stereocenters. The number of carbonyl (C=O) groups is 4. The molecule has 0 radical (unpaired) electrons. The summed E-state index contributed by atoms with van der Waals surface area (Å²) in [6.45, 7) is 5.92. The number of primary amides is 1. The fourth-order valence-electron chi connectivity index (χ4n) is 4.95. The van der Waals surface area contributed by atoms with Gasteiger partial charge in [-0.1, -0.05) is 38.2 Å². The number of Topliss-reactive ketones (excluding diaryl/α,β-unsaturated/α-hetero) is 1. The topological polar surface area (TPSA) is 166 Å². The predicted molar refractivity (Wildman–Crippen MR) is 154 cm³/mol. The van der Waals surface area contributed by atoms with Gasteiger partial charge in [-0.05, 0) is 38.2 Å². The summed E-state index contributed by atoms with van der Waals surface area (Å²) in [7, 11) is 2.87. The van der Waals surface area contributed by atoms with Crippen molar-refractivity contribution in [2.24, 2.45) is 17.6 Å². The molecular weight excluding hydrogens is 549 g/mol. The number of nitrogens with one attached hydrogen (secondary N) is 2. The lowest BCUT2D eigenvalue weighted by Gasteiger charge is -2.30. The minimum atomic E-state index is -1.02. The number of hydrogen-bond acceptors (Lipinski definition) is 9. The zero-order chi connectivity index (χ0) is 31.6. The van der Waals surface area contributed by atoms with Gasteiger partial charge in [0.1, 0.15) is 12.8 Å². The van der Waals surface area contributed by atoms with Crippen LogP contribution in [0.5, 0.6) is 0 Å². The molecule has 12 heteroatoms. The Labute approximate surface area is 245 Å². The van der Waals surface area contributed by atoms with Crippen LogP contribution in [0.3, 0.4) is 0 Å². The third-order valence-electron chi connectivity index (χ3n) is 7.19. The molecule has 2 amide bonds. The van der Waals surface area contributed by atoms with E-state index in [-0.39, 0.29) is 41.4 Å². The number of hydrogen-bond donors (Lipinski definition) is 4. The van der Waals surface area contributed by atoms with E-state index >= 15 is 0 Å². The molecular formula is C30H42FN3O8. The highest BCUT2D eigenvalue weighted by atomic mass is 19.1. The number of aliphatic hydroxyl groups excluding tert-OH is 1. The maximum atomic E-state index is 13.5. The average Bonchev–Trinajstić information content (AvgIpc) is 2.94. The molecule has 1 aliphatic heterocycles. The summed E-state index contributed by atoms with van der Waals surface area (Å²) < 4.78 is 29.4. The standard InChI is InChI=1S/C30H42FN3O8/c1-16-12-20-25(33-11-10-31)22(35)15-21(27(20)37)34-29(38)17(2)8-7-9-23(40-5)28(42-30(32)39)19(4)14-18(3)26(36)24(13-16)41-6/h7-9,14-16,18,23-24,26,28,33,36H,10-13H2,1-6H3,(H2,32,39)(H,34,38)/b9-7-,17-8-,19-14-/t16-,18+,23+,24+,26-,28+/m1/s1. The Morgan fingerprint density at radius 1 is 1.19 bits per heavy atom. The van der Waals surface area contributed by atoms with E-state index in [4.69, 9.17) is 19.9 Å². The van der Waals surface area contributed by atoms with Crippen molar-refractivity contribution in [3.05, 3.63) is 58.5 Å². The van der Waals surface area contributed by atoms with Crippen LogP contribution in [-0.4, -0.2) is 80.5 Å². The molecule has 11 nitrogen and oxygen atoms in total. The van der Waals surface area contributed by atoms with Crippen molar-refractivity contribution in [3.63, 3.8) is 0 Å². The molecule has 2 bridgehead atoms. The Kier molecular flexibility index (Phi) is 13.3. The SMILES string of the molecule is CO[C@H]1/C=C\C=C(\C)C(=O)NC2=CC(=O)C(NCCF)=C(C[C@@H](C)C[C@H](OC)[C@H](O)[C@@H](C)/C=C(/C)[C@@H]1OC(N)=O)C2=O. The molecule has 5 N–H and O–H groups in total. The Morgan fingerprint density at radius 2 is 1.88 bits per heavy atom. The van der Waals surface area contributed by atoms with E-state index in [1.165, 1.54) is 33.3 Å². The zero-order valence-electron chi connectivity index (χ0n) is 24.9. The van der Waals surface area contributed by atoms with Crippen molar-refractivity contribution in [1.82, 2.24) is 10.6 Å². The number of methoxy groups -OCH3 is 2. The quantitative estimate of drug-likeness (QED) is 0.268. The first-order valence-electron chi connectivity index (χ1n) is 13.7. The highest BCUT2D eigenvalue weighted by molar-refractivity contribution is 6.23. The van der Waals surface area contributed by atoms with Crippen LogP contribution in [0.2, 0.25) is 0 Å². The number of nitrogens with two attached hydrogens (primary N) is 1. The highest BCUT2D eigenvalue weighted by Crippen LogP contribution is 2.28. The molecule has 0 fully saturated rings. The van der Waals surface area contributed by atoms with Gasteiger partial charge in [-0.2, -0.15) is 0 Å². The molecule has 0 aromatic carbocycles. The smallest absolute Gasteiger partial charge is 0.405 e. The fraction of sp³-hybridized carbons (Fsp3) is 0.533. The Hall–Kier alpha value is -3.61. The van der Waals surface area contributed by atoms with Gasteiger partial charge < -0.3 is 35.7 Å². The zero-order valence-corrected chi connectivity index (χ0v) is 24.9. The summed E-state index contributed by atoms with van der Waals surface area (Å²) in [4.78, 5) is 51.1. The normalized spacial score (nSPS) is 31.7. The molecule has 0 spiro atoms. The monoisotopic (exact) mass is 591 g/mol. The van der Waals surface area contributed by atoms with Crippen LogP contribution < -0.4 is 16.4 Å². The van der Waals surface area contributed by atoms with E-state index in [1.807, 2.05) is 6.92 Å². The fourth-order valence-corrected chi connectivity index (χ4v) is 4.95. The van der Waals surface area contributed by atoms with Gasteiger partial charge in [-0.3, -0.25) is 14.4 Å². The summed E-state index contributed by atoms with van der Waals surface area (Å²) in [6.07, 6.45) is 3.29. The van der Waals surface area contributed by atoms with E-state index in [0.717, 1.165) is 6.08 Å². The van der Waals surface area contributed by atoms with Crippen LogP contribution in [0.4, 0.5) is 9.18 Å². The third-order valence-corrected chi connectivity index (χ3v) is 7.19. The Morgan fingerprint density at radius 3 is 2.48 bits per heavy atom. The van der Waals surface area contributed by atoms with Crippen molar-refractivity contribution in [3.8, 4) is 0 Å². The number of carbonyl (C=O) groups excluding carboxylic acids is 4. The van der Waals surface area contributed by atoms with Crippen LogP contribution in [0, 0.1) is 11.8 Å². The van der Waals surface area contributed by atoms with Gasteiger partial charge in [0.15, 0.2) is 6.10 Å². The predicted octanol–water partition coefficient (Wildman–Crippen LogP) is 2.32. The summed E-state index contributed by atoms with van der Waals surface area (Å²) in [5.41, 5.74) is 5.99. The molecule has 42 heavy (non-hydrogen) atoms. The number of amides is 2. The van der Waals surface area contributed by atoms with Crippen molar-refractivity contribution in [2.45, 2.75) is 65.0 Å². The second-order valence-corrected chi connectivity index (χ2v) is 10.5. The summed E-state index contributed by atoms with van der Waals surface area (Å²) in [5, 5.41) is 16.4. The van der Waals surface area contributed by atoms with Gasteiger partial charge in [-0.15, -0.1) is 0 Å². The number of fused-ring (bicyclic) bond motifs is 2. The lowest BCUT2D eigenvalue weighted by atomic mass is 9.85. The van der Waals surface area contributed by atoms with Gasteiger partial charge in [0.25, 0.3) is 5.91 Å². The number of aliphatic hydroxyl groups is 1. The molecule has 1 aliphatic carbocycles. The highest BCUT2D eigenvalue weighted by Gasteiger charge is 2.33. The van der Waals surface area contributed by atoms with Crippen LogP contribution in [0.15, 0.2) is 58.5 Å². The van der Waals surface area contributed by atoms with Crippen molar-refractivity contribution in [1.29, 1.82) is 0 Å². The molecule has 0 aromatic rings. The molecule has 0 saturated heterocycles. The first-order chi connectivity index (χ1) is 19.8. The summed E-state index contributed by atoms with van der Waals surface area (Å²) in [6, 6.07) is 0. The largest absolute Gasteiger partial charge is 0.439 e. The molecule has 2 rings (SSSR count). The second-order valence-electron chi connectivity index (χ2n) is 10.5. The van der Waals surface area contributed by atoms with Gasteiger partial charge in [0.05, 0.1) is 23.6 Å². The van der Waals surface area contributed by atoms with Gasteiger partial charge in [0.2, 0.25) is 11.6 Å². The molecule has 0 saturated carbocycles. The maximum Gasteiger partial charge on any atom is 0.405 e. The van der Waals surface area contributed by atoms with E-state index in [2.05, 4.69) is 10.6 Å². The van der Waals surface area contributed by atoms with Crippen molar-refractivity contribution >= 4 is 23.6 Å². The van der Waals surface area contributed by atoms with Gasteiger partial charge >= 0.3 is 6.09 Å². The van der Waals surface area contributed by atoms with Gasteiger partial charge in [-0.25, -0.2) is 9.18 Å². The minimum absolute atomic E-state index is 0.0175. The molecule has 1 heterocycles.